The molecular weight excluding hydrogens is 333 g/mol. The smallest absolute Gasteiger partial charge is 0.223 e. The normalized spacial score (nSPS) is 14.2. The lowest BCUT2D eigenvalue weighted by molar-refractivity contribution is -0.132. The summed E-state index contributed by atoms with van der Waals surface area (Å²) in [5.74, 6) is -0.552. The molecule has 138 valence electrons. The largest absolute Gasteiger partial charge is 0.338 e. The number of carbonyl (C=O) groups excluding carboxylic acids is 2. The number of fused-ring (bicyclic) bond motifs is 1. The third kappa shape index (κ3) is 3.84. The number of halogens is 1. The number of hydrogen-bond donors (Lipinski definition) is 0. The van der Waals surface area contributed by atoms with E-state index < -0.39 is 0 Å². The highest BCUT2D eigenvalue weighted by Crippen LogP contribution is 2.24. The summed E-state index contributed by atoms with van der Waals surface area (Å²) >= 11 is 0. The third-order valence-corrected chi connectivity index (χ3v) is 4.66. The van der Waals surface area contributed by atoms with Crippen LogP contribution in [0.1, 0.15) is 55.2 Å². The maximum atomic E-state index is 12.9. The highest BCUT2D eigenvalue weighted by atomic mass is 19.1. The number of ketones is 1. The zero-order chi connectivity index (χ0) is 18.9. The summed E-state index contributed by atoms with van der Waals surface area (Å²) in [6.07, 6.45) is 2.90. The molecule has 0 aliphatic carbocycles. The molecular formula is C20H24FN3O2. The quantitative estimate of drug-likeness (QED) is 0.789. The number of nitrogens with zero attached hydrogens (tertiary/aromatic N) is 3. The summed E-state index contributed by atoms with van der Waals surface area (Å²) in [4.78, 5) is 26.4. The maximum absolute atomic E-state index is 12.9. The number of amides is 1. The molecule has 0 radical (unpaired) electrons. The van der Waals surface area contributed by atoms with Crippen LogP contribution >= 0.6 is 0 Å². The van der Waals surface area contributed by atoms with Crippen molar-refractivity contribution >= 4 is 11.7 Å². The molecule has 5 nitrogen and oxygen atoms in total. The predicted octanol–water partition coefficient (Wildman–Crippen LogP) is 3.33. The lowest BCUT2D eigenvalue weighted by Gasteiger charge is -2.30. The van der Waals surface area contributed by atoms with Gasteiger partial charge in [0, 0.05) is 49.2 Å². The lowest BCUT2D eigenvalue weighted by atomic mass is 10.0. The van der Waals surface area contributed by atoms with E-state index in [2.05, 4.69) is 25.9 Å². The molecule has 0 bridgehead atoms. The second kappa shape index (κ2) is 7.02. The van der Waals surface area contributed by atoms with Crippen molar-refractivity contribution in [2.24, 2.45) is 0 Å². The zero-order valence-corrected chi connectivity index (χ0v) is 15.5. The molecule has 0 atom stereocenters. The summed E-state index contributed by atoms with van der Waals surface area (Å²) in [5.41, 5.74) is 2.61. The second-order valence-electron chi connectivity index (χ2n) is 7.69. The van der Waals surface area contributed by atoms with Crippen molar-refractivity contribution in [3.63, 3.8) is 0 Å². The molecule has 1 aliphatic rings. The average Bonchev–Trinajstić information content (AvgIpc) is 3.03. The van der Waals surface area contributed by atoms with E-state index in [0.29, 0.717) is 18.7 Å². The molecule has 1 aliphatic heterocycles. The molecule has 1 amide bonds. The summed E-state index contributed by atoms with van der Waals surface area (Å²) < 4.78 is 15.0. The second-order valence-corrected chi connectivity index (χ2v) is 7.69. The topological polar surface area (TPSA) is 55.2 Å². The number of rotatable bonds is 4. The van der Waals surface area contributed by atoms with Crippen molar-refractivity contribution in [2.75, 3.05) is 6.54 Å². The molecule has 0 saturated carbocycles. The van der Waals surface area contributed by atoms with E-state index in [1.165, 1.54) is 30.0 Å². The van der Waals surface area contributed by atoms with E-state index in [-0.39, 0.29) is 35.9 Å². The molecule has 0 spiro atoms. The van der Waals surface area contributed by atoms with Crippen molar-refractivity contribution in [3.05, 3.63) is 53.1 Å². The first-order chi connectivity index (χ1) is 12.3. The Labute approximate surface area is 152 Å². The van der Waals surface area contributed by atoms with Crippen LogP contribution in [0, 0.1) is 5.82 Å². The van der Waals surface area contributed by atoms with Crippen LogP contribution in [-0.4, -0.2) is 32.9 Å². The van der Waals surface area contributed by atoms with Gasteiger partial charge < -0.3 is 4.90 Å². The summed E-state index contributed by atoms with van der Waals surface area (Å²) in [7, 11) is 0. The Balaban J connectivity index is 1.59. The fraction of sp³-hybridized carbons (Fsp3) is 0.450. The van der Waals surface area contributed by atoms with Gasteiger partial charge in [-0.2, -0.15) is 5.10 Å². The van der Waals surface area contributed by atoms with Crippen LogP contribution in [0.25, 0.3) is 0 Å². The Kier molecular flexibility index (Phi) is 4.94. The van der Waals surface area contributed by atoms with Gasteiger partial charge in [0.05, 0.1) is 11.7 Å². The van der Waals surface area contributed by atoms with Gasteiger partial charge in [-0.15, -0.1) is 0 Å². The summed E-state index contributed by atoms with van der Waals surface area (Å²) in [6, 6.07) is 5.43. The van der Waals surface area contributed by atoms with Crippen molar-refractivity contribution in [3.8, 4) is 0 Å². The van der Waals surface area contributed by atoms with Gasteiger partial charge in [0.1, 0.15) is 5.82 Å². The van der Waals surface area contributed by atoms with Crippen LogP contribution in [-0.2, 0) is 23.3 Å². The van der Waals surface area contributed by atoms with Crippen molar-refractivity contribution in [1.82, 2.24) is 14.7 Å². The maximum Gasteiger partial charge on any atom is 0.223 e. The van der Waals surface area contributed by atoms with Crippen LogP contribution in [0.2, 0.25) is 0 Å². The first kappa shape index (κ1) is 18.3. The molecule has 2 heterocycles. The first-order valence-electron chi connectivity index (χ1n) is 8.88. The van der Waals surface area contributed by atoms with E-state index in [0.717, 1.165) is 12.0 Å². The van der Waals surface area contributed by atoms with E-state index in [1.807, 2.05) is 10.9 Å². The fourth-order valence-electron chi connectivity index (χ4n) is 3.28. The Morgan fingerprint density at radius 2 is 1.85 bits per heavy atom. The molecule has 2 aromatic rings. The molecule has 26 heavy (non-hydrogen) atoms. The Bertz CT molecular complexity index is 819. The number of benzene rings is 1. The molecule has 0 N–H and O–H groups in total. The highest BCUT2D eigenvalue weighted by molar-refractivity contribution is 5.97. The number of Topliss-reactive ketones (excluding diaryl/α,β-unsaturated/α-hetero) is 1. The molecule has 0 unspecified atom stereocenters. The number of carbonyl (C=O) groups is 2. The van der Waals surface area contributed by atoms with Gasteiger partial charge in [0.25, 0.3) is 0 Å². The summed E-state index contributed by atoms with van der Waals surface area (Å²) in [5, 5.41) is 4.48. The highest BCUT2D eigenvalue weighted by Gasteiger charge is 2.27. The third-order valence-electron chi connectivity index (χ3n) is 4.66. The predicted molar refractivity (Wildman–Crippen MR) is 96.3 cm³/mol. The average molecular weight is 357 g/mol. The van der Waals surface area contributed by atoms with Gasteiger partial charge in [-0.25, -0.2) is 4.39 Å². The SMILES string of the molecule is CC(C)(C)n1ncc2c1CCN(C(=O)CCC(=O)c1ccc(F)cc1)C2. The van der Waals surface area contributed by atoms with E-state index in [4.69, 9.17) is 0 Å². The molecule has 3 rings (SSSR count). The Morgan fingerprint density at radius 3 is 2.50 bits per heavy atom. The van der Waals surface area contributed by atoms with Crippen molar-refractivity contribution < 1.29 is 14.0 Å². The summed E-state index contributed by atoms with van der Waals surface area (Å²) in [6.45, 7) is 7.50. The molecule has 0 fully saturated rings. The molecule has 1 aromatic heterocycles. The van der Waals surface area contributed by atoms with Gasteiger partial charge in [0.2, 0.25) is 5.91 Å². The monoisotopic (exact) mass is 357 g/mol. The van der Waals surface area contributed by atoms with Gasteiger partial charge in [-0.3, -0.25) is 14.3 Å². The molecule has 1 aromatic carbocycles. The number of aromatic nitrogens is 2. The lowest BCUT2D eigenvalue weighted by Crippen LogP contribution is -2.37. The van der Waals surface area contributed by atoms with Gasteiger partial charge in [-0.1, -0.05) is 0 Å². The first-order valence-corrected chi connectivity index (χ1v) is 8.88. The zero-order valence-electron chi connectivity index (χ0n) is 15.5. The van der Waals surface area contributed by atoms with E-state index in [1.54, 1.807) is 4.90 Å². The standard InChI is InChI=1S/C20H24FN3O2/c1-20(2,3)24-17-10-11-23(13-15(17)12-22-24)19(26)9-8-18(25)14-4-6-16(21)7-5-14/h4-7,12H,8-11,13H2,1-3H3. The minimum atomic E-state index is -0.377. The van der Waals surface area contributed by atoms with Crippen LogP contribution in [0.3, 0.4) is 0 Å². The Morgan fingerprint density at radius 1 is 1.15 bits per heavy atom. The van der Waals surface area contributed by atoms with Crippen molar-refractivity contribution in [1.29, 1.82) is 0 Å². The minimum Gasteiger partial charge on any atom is -0.338 e. The van der Waals surface area contributed by atoms with Gasteiger partial charge >= 0.3 is 0 Å². The molecule has 6 heteroatoms. The van der Waals surface area contributed by atoms with Crippen LogP contribution < -0.4 is 0 Å². The van der Waals surface area contributed by atoms with E-state index >= 15 is 0 Å². The van der Waals surface area contributed by atoms with Gasteiger partial charge in [-0.05, 0) is 45.0 Å². The van der Waals surface area contributed by atoms with Gasteiger partial charge in [0.15, 0.2) is 5.78 Å². The fourth-order valence-corrected chi connectivity index (χ4v) is 3.28. The number of hydrogen-bond acceptors (Lipinski definition) is 3. The minimum absolute atomic E-state index is 0.0328. The van der Waals surface area contributed by atoms with E-state index in [9.17, 15) is 14.0 Å². The van der Waals surface area contributed by atoms with Crippen LogP contribution in [0.15, 0.2) is 30.5 Å². The van der Waals surface area contributed by atoms with Crippen LogP contribution in [0.5, 0.6) is 0 Å². The van der Waals surface area contributed by atoms with Crippen molar-refractivity contribution in [2.45, 2.75) is 52.1 Å². The molecule has 0 saturated heterocycles. The Hall–Kier alpha value is -2.50. The van der Waals surface area contributed by atoms with Crippen LogP contribution in [0.4, 0.5) is 4.39 Å².